The fraction of sp³-hybridized carbons (Fsp3) is 0.130. The number of aryl methyl sites for hydroxylation is 2. The first-order valence-electron chi connectivity index (χ1n) is 9.03. The first-order chi connectivity index (χ1) is 14.0. The van der Waals surface area contributed by atoms with Crippen molar-refractivity contribution in [2.75, 3.05) is 6.61 Å². The van der Waals surface area contributed by atoms with Crippen molar-refractivity contribution >= 4 is 27.6 Å². The smallest absolute Gasteiger partial charge is 0.396 e. The molecule has 0 atom stereocenters. The van der Waals surface area contributed by atoms with E-state index in [1.165, 1.54) is 0 Å². The van der Waals surface area contributed by atoms with Gasteiger partial charge < -0.3 is 13.9 Å². The highest BCUT2D eigenvalue weighted by Gasteiger charge is 2.18. The molecule has 0 radical (unpaired) electrons. The summed E-state index contributed by atoms with van der Waals surface area (Å²) in [5.74, 6) is 0.417. The van der Waals surface area contributed by atoms with Crippen LogP contribution in [-0.2, 0) is 4.79 Å². The second-order valence-corrected chi connectivity index (χ2v) is 7.61. The zero-order chi connectivity index (χ0) is 20.4. The molecule has 0 N–H and O–H groups in total. The average molecular weight is 406 g/mol. The number of carbonyl (C=O) groups is 1. The van der Waals surface area contributed by atoms with Gasteiger partial charge in [-0.2, -0.15) is 0 Å². The van der Waals surface area contributed by atoms with Crippen LogP contribution in [0.5, 0.6) is 11.5 Å². The minimum Gasteiger partial charge on any atom is -0.482 e. The molecule has 1 aromatic heterocycles. The van der Waals surface area contributed by atoms with Crippen molar-refractivity contribution in [3.8, 4) is 22.6 Å². The lowest BCUT2D eigenvalue weighted by Gasteiger charge is -2.12. The summed E-state index contributed by atoms with van der Waals surface area (Å²) < 4.78 is 17.0. The molecule has 4 rings (SSSR count). The van der Waals surface area contributed by atoms with Crippen LogP contribution in [0.3, 0.4) is 0 Å². The van der Waals surface area contributed by atoms with Crippen LogP contribution in [0.25, 0.3) is 21.4 Å². The van der Waals surface area contributed by atoms with Gasteiger partial charge in [0.2, 0.25) is 0 Å². The number of fused-ring (bicyclic) bond motifs is 1. The van der Waals surface area contributed by atoms with Gasteiger partial charge in [-0.3, -0.25) is 0 Å². The molecule has 4 aromatic rings. The second-order valence-electron chi connectivity index (χ2n) is 6.66. The predicted octanol–water partition coefficient (Wildman–Crippen LogP) is 5.12. The number of rotatable bonds is 5. The molecule has 3 aromatic carbocycles. The van der Waals surface area contributed by atoms with Crippen molar-refractivity contribution in [2.24, 2.45) is 0 Å². The molecule has 29 heavy (non-hydrogen) atoms. The topological polar surface area (TPSA) is 65.7 Å². The molecule has 0 saturated carbocycles. The predicted molar refractivity (Wildman–Crippen MR) is 113 cm³/mol. The van der Waals surface area contributed by atoms with Gasteiger partial charge in [-0.1, -0.05) is 58.9 Å². The molecule has 0 fully saturated rings. The van der Waals surface area contributed by atoms with Crippen LogP contribution in [0.4, 0.5) is 0 Å². The number of benzene rings is 3. The molecule has 0 saturated heterocycles. The van der Waals surface area contributed by atoms with Crippen LogP contribution in [0.1, 0.15) is 11.1 Å². The van der Waals surface area contributed by atoms with Crippen molar-refractivity contribution in [3.63, 3.8) is 0 Å². The number of hydrogen-bond acceptors (Lipinski definition) is 6. The Morgan fingerprint density at radius 3 is 2.28 bits per heavy atom. The van der Waals surface area contributed by atoms with E-state index in [-0.39, 0.29) is 6.61 Å². The van der Waals surface area contributed by atoms with Gasteiger partial charge in [-0.25, -0.2) is 9.59 Å². The Balaban J connectivity index is 1.63. The lowest BCUT2D eigenvalue weighted by atomic mass is 10.0. The molecule has 0 unspecified atom stereocenters. The van der Waals surface area contributed by atoms with Crippen molar-refractivity contribution < 1.29 is 18.7 Å². The van der Waals surface area contributed by atoms with E-state index in [9.17, 15) is 9.59 Å². The molecular formula is C23H18O5S. The number of carbonyl (C=O) groups excluding carboxylic acids is 1. The highest BCUT2D eigenvalue weighted by atomic mass is 32.1. The van der Waals surface area contributed by atoms with Gasteiger partial charge in [0.05, 0.1) is 4.70 Å². The molecule has 0 aliphatic rings. The largest absolute Gasteiger partial charge is 0.482 e. The van der Waals surface area contributed by atoms with Crippen molar-refractivity contribution in [3.05, 3.63) is 81.5 Å². The van der Waals surface area contributed by atoms with Gasteiger partial charge in [0.25, 0.3) is 0 Å². The van der Waals surface area contributed by atoms with E-state index >= 15 is 0 Å². The fourth-order valence-corrected chi connectivity index (χ4v) is 3.76. The summed E-state index contributed by atoms with van der Waals surface area (Å²) in [5, 5.41) is 0. The molecule has 1 heterocycles. The normalized spacial score (nSPS) is 10.8. The quantitative estimate of drug-likeness (QED) is 0.340. The van der Waals surface area contributed by atoms with E-state index < -0.39 is 10.9 Å². The van der Waals surface area contributed by atoms with E-state index in [1.54, 1.807) is 24.3 Å². The fourth-order valence-electron chi connectivity index (χ4n) is 2.93. The van der Waals surface area contributed by atoms with E-state index in [0.29, 0.717) is 27.3 Å². The summed E-state index contributed by atoms with van der Waals surface area (Å²) >= 11 is 0.986. The third-order valence-electron chi connectivity index (χ3n) is 4.40. The minimum atomic E-state index is -0.533. The highest BCUT2D eigenvalue weighted by molar-refractivity contribution is 7.16. The number of hydrogen-bond donors (Lipinski definition) is 0. The summed E-state index contributed by atoms with van der Waals surface area (Å²) in [6, 6.07) is 18.5. The Labute approximate surface area is 171 Å². The molecule has 5 nitrogen and oxygen atoms in total. The standard InChI is InChI=1S/C23H18O5S/c1-14-3-7-16(8-4-14)21-18(11-12-19-22(21)29-23(25)28-19)27-20(24)13-26-17-9-5-15(2)6-10-17/h3-12H,13H2,1-2H3. The summed E-state index contributed by atoms with van der Waals surface area (Å²) in [6.07, 6.45) is 0. The van der Waals surface area contributed by atoms with Crippen LogP contribution in [0, 0.1) is 13.8 Å². The van der Waals surface area contributed by atoms with Crippen LogP contribution in [0.2, 0.25) is 0 Å². The first kappa shape index (κ1) is 19.0. The monoisotopic (exact) mass is 406 g/mol. The van der Waals surface area contributed by atoms with E-state index in [2.05, 4.69) is 0 Å². The van der Waals surface area contributed by atoms with Crippen LogP contribution in [0.15, 0.2) is 69.9 Å². The van der Waals surface area contributed by atoms with Crippen molar-refractivity contribution in [2.45, 2.75) is 13.8 Å². The van der Waals surface area contributed by atoms with Gasteiger partial charge in [0.1, 0.15) is 17.1 Å². The Morgan fingerprint density at radius 1 is 0.931 bits per heavy atom. The Kier molecular flexibility index (Phi) is 5.18. The molecule has 0 spiro atoms. The maximum atomic E-state index is 12.4. The molecule has 0 amide bonds. The van der Waals surface area contributed by atoms with Crippen molar-refractivity contribution in [1.29, 1.82) is 0 Å². The molecule has 0 aliphatic carbocycles. The number of ether oxygens (including phenoxy) is 2. The number of esters is 1. The van der Waals surface area contributed by atoms with Crippen LogP contribution < -0.4 is 14.4 Å². The zero-order valence-electron chi connectivity index (χ0n) is 15.9. The molecule has 0 aliphatic heterocycles. The molecule has 0 bridgehead atoms. The van der Waals surface area contributed by atoms with Crippen molar-refractivity contribution in [1.82, 2.24) is 0 Å². The summed E-state index contributed by atoms with van der Waals surface area (Å²) in [4.78, 5) is 23.8. The average Bonchev–Trinajstić information content (AvgIpc) is 3.08. The van der Waals surface area contributed by atoms with Crippen LogP contribution in [-0.4, -0.2) is 12.6 Å². The SMILES string of the molecule is Cc1ccc(OCC(=O)Oc2ccc3oc(=O)sc3c2-c2ccc(C)cc2)cc1. The van der Waals surface area contributed by atoms with E-state index in [4.69, 9.17) is 13.9 Å². The Bertz CT molecular complexity index is 1220. The molecule has 146 valence electrons. The van der Waals surface area contributed by atoms with Gasteiger partial charge in [-0.15, -0.1) is 0 Å². The zero-order valence-corrected chi connectivity index (χ0v) is 16.7. The molecule has 6 heteroatoms. The van der Waals surface area contributed by atoms with E-state index in [0.717, 1.165) is 28.0 Å². The Morgan fingerprint density at radius 2 is 1.59 bits per heavy atom. The third kappa shape index (κ3) is 4.22. The Hall–Kier alpha value is -3.38. The molecular weight excluding hydrogens is 388 g/mol. The summed E-state index contributed by atoms with van der Waals surface area (Å²) in [6.45, 7) is 3.74. The summed E-state index contributed by atoms with van der Waals surface area (Å²) in [5.41, 5.74) is 4.16. The highest BCUT2D eigenvalue weighted by Crippen LogP contribution is 2.38. The summed E-state index contributed by atoms with van der Waals surface area (Å²) in [7, 11) is 0. The van der Waals surface area contributed by atoms with Gasteiger partial charge in [0.15, 0.2) is 6.61 Å². The van der Waals surface area contributed by atoms with Gasteiger partial charge in [0, 0.05) is 5.56 Å². The van der Waals surface area contributed by atoms with Gasteiger partial charge >= 0.3 is 10.9 Å². The van der Waals surface area contributed by atoms with Crippen LogP contribution >= 0.6 is 11.3 Å². The van der Waals surface area contributed by atoms with E-state index in [1.807, 2.05) is 50.2 Å². The maximum absolute atomic E-state index is 12.4. The first-order valence-corrected chi connectivity index (χ1v) is 9.85. The second kappa shape index (κ2) is 7.93. The minimum absolute atomic E-state index is 0.226. The lowest BCUT2D eigenvalue weighted by molar-refractivity contribution is -0.136. The van der Waals surface area contributed by atoms with Gasteiger partial charge in [-0.05, 0) is 43.7 Å². The third-order valence-corrected chi connectivity index (χ3v) is 5.26. The maximum Gasteiger partial charge on any atom is 0.396 e. The lowest BCUT2D eigenvalue weighted by Crippen LogP contribution is -2.18.